The molecule has 0 aromatic rings. The van der Waals surface area contributed by atoms with Gasteiger partial charge in [-0.1, -0.05) is 0 Å². The third kappa shape index (κ3) is 8.31. The van der Waals surface area contributed by atoms with Gasteiger partial charge in [0.25, 0.3) is 0 Å². The Bertz CT molecular complexity index is 42.2. The quantitative estimate of drug-likeness (QED) is 0.339. The number of hydrogen-bond acceptors (Lipinski definition) is 1. The van der Waals surface area contributed by atoms with E-state index in [9.17, 15) is 0 Å². The van der Waals surface area contributed by atoms with Crippen LogP contribution < -0.4 is 5.73 Å². The van der Waals surface area contributed by atoms with E-state index in [4.69, 9.17) is 5.73 Å². The maximum absolute atomic E-state index is 5.34. The molecule has 0 fully saturated rings. The van der Waals surface area contributed by atoms with Gasteiger partial charge < -0.3 is 5.73 Å². The van der Waals surface area contributed by atoms with Crippen molar-refractivity contribution in [2.75, 3.05) is 18.1 Å². The van der Waals surface area contributed by atoms with Crippen LogP contribution in [-0.2, 0) is 11.8 Å². The molecule has 2 N–H and O–H groups in total. The molecule has 0 aliphatic carbocycles. The minimum atomic E-state index is 0.864. The second-order valence-electron chi connectivity index (χ2n) is 2.11. The molecule has 2 heteroatoms. The second kappa shape index (κ2) is 8.31. The summed E-state index contributed by atoms with van der Waals surface area (Å²) in [6, 6.07) is 0. The summed E-state index contributed by atoms with van der Waals surface area (Å²) in [7, 11) is 0. The molecule has 0 spiro atoms. The first-order chi connectivity index (χ1) is 4.41. The molecular formula is C7H18NS+. The molecule has 0 aromatic heterocycles. The monoisotopic (exact) mass is 148 g/mol. The predicted molar refractivity (Wildman–Crippen MR) is 47.1 cm³/mol. The number of thiol groups is 1. The minimum absolute atomic E-state index is 0.864. The van der Waals surface area contributed by atoms with E-state index < -0.39 is 0 Å². The van der Waals surface area contributed by atoms with E-state index in [1.54, 1.807) is 11.8 Å². The lowest BCUT2D eigenvalue weighted by atomic mass is 10.2. The highest BCUT2D eigenvalue weighted by molar-refractivity contribution is 7.78. The van der Waals surface area contributed by atoms with Crippen molar-refractivity contribution >= 4 is 11.8 Å². The third-order valence-electron chi connectivity index (χ3n) is 1.24. The zero-order valence-electron chi connectivity index (χ0n) is 6.27. The number of hydrogen-bond donors (Lipinski definition) is 1. The standard InChI is InChI=1S/C7H17NS/c1-2-9-7-5-3-4-6-8/h2-8H2,1H3/p+1. The summed E-state index contributed by atoms with van der Waals surface area (Å²) in [5.74, 6) is 2.68. The molecular weight excluding hydrogens is 130 g/mol. The van der Waals surface area contributed by atoms with Crippen molar-refractivity contribution in [2.24, 2.45) is 5.73 Å². The van der Waals surface area contributed by atoms with Crippen molar-refractivity contribution in [1.82, 2.24) is 0 Å². The van der Waals surface area contributed by atoms with E-state index in [1.807, 2.05) is 0 Å². The van der Waals surface area contributed by atoms with E-state index in [0.717, 1.165) is 6.54 Å². The summed E-state index contributed by atoms with van der Waals surface area (Å²) in [4.78, 5) is 0. The van der Waals surface area contributed by atoms with Crippen molar-refractivity contribution in [3.63, 3.8) is 0 Å². The van der Waals surface area contributed by atoms with E-state index >= 15 is 0 Å². The van der Waals surface area contributed by atoms with Crippen molar-refractivity contribution in [3.05, 3.63) is 0 Å². The Hall–Kier alpha value is 0.310. The molecule has 0 saturated heterocycles. The summed E-state index contributed by atoms with van der Waals surface area (Å²) < 4.78 is 0. The van der Waals surface area contributed by atoms with Gasteiger partial charge >= 0.3 is 0 Å². The van der Waals surface area contributed by atoms with Crippen LogP contribution in [0.3, 0.4) is 0 Å². The highest BCUT2D eigenvalue weighted by Gasteiger charge is 1.91. The fourth-order valence-corrected chi connectivity index (χ4v) is 1.47. The molecule has 1 nitrogen and oxygen atoms in total. The van der Waals surface area contributed by atoms with Crippen LogP contribution in [0.1, 0.15) is 26.2 Å². The van der Waals surface area contributed by atoms with Crippen LogP contribution in [0.5, 0.6) is 0 Å². The average molecular weight is 148 g/mol. The summed E-state index contributed by atoms with van der Waals surface area (Å²) in [5, 5.41) is 0. The molecule has 0 amide bonds. The topological polar surface area (TPSA) is 26.0 Å². The van der Waals surface area contributed by atoms with Crippen molar-refractivity contribution in [1.29, 1.82) is 0 Å². The highest BCUT2D eigenvalue weighted by Crippen LogP contribution is 1.93. The first-order valence-corrected chi connectivity index (χ1v) is 5.01. The van der Waals surface area contributed by atoms with Gasteiger partial charge in [-0.2, -0.15) is 0 Å². The lowest BCUT2D eigenvalue weighted by molar-refractivity contribution is 0.732. The van der Waals surface area contributed by atoms with E-state index in [1.165, 1.54) is 30.8 Å². The Labute approximate surface area is 62.4 Å². The molecule has 0 unspecified atom stereocenters. The first-order valence-electron chi connectivity index (χ1n) is 3.75. The molecule has 0 atom stereocenters. The maximum Gasteiger partial charge on any atom is 0.105 e. The minimum Gasteiger partial charge on any atom is -0.330 e. The van der Waals surface area contributed by atoms with Crippen LogP contribution >= 0.6 is 0 Å². The van der Waals surface area contributed by atoms with E-state index in [2.05, 4.69) is 6.92 Å². The molecule has 56 valence electrons. The zero-order chi connectivity index (χ0) is 6.95. The smallest absolute Gasteiger partial charge is 0.105 e. The predicted octanol–water partition coefficient (Wildman–Crippen LogP) is 0.950. The van der Waals surface area contributed by atoms with Gasteiger partial charge in [-0.15, -0.1) is 0 Å². The second-order valence-corrected chi connectivity index (χ2v) is 3.64. The zero-order valence-corrected chi connectivity index (χ0v) is 7.16. The first kappa shape index (κ1) is 9.31. The summed E-state index contributed by atoms with van der Waals surface area (Å²) in [6.45, 7) is 3.09. The fourth-order valence-electron chi connectivity index (χ4n) is 0.703. The molecule has 0 rings (SSSR count). The molecule has 0 saturated carbocycles. The Balaban J connectivity index is 2.60. The van der Waals surface area contributed by atoms with Crippen molar-refractivity contribution < 1.29 is 0 Å². The Morgan fingerprint density at radius 1 is 1.22 bits per heavy atom. The Morgan fingerprint density at radius 3 is 2.56 bits per heavy atom. The van der Waals surface area contributed by atoms with Gasteiger partial charge in [0, 0.05) is 0 Å². The third-order valence-corrected chi connectivity index (χ3v) is 2.32. The molecule has 0 heterocycles. The van der Waals surface area contributed by atoms with Crippen LogP contribution in [0, 0.1) is 0 Å². The van der Waals surface area contributed by atoms with Gasteiger partial charge in [-0.05, 0) is 44.5 Å². The van der Waals surface area contributed by atoms with Crippen LogP contribution in [0.25, 0.3) is 0 Å². The van der Waals surface area contributed by atoms with Gasteiger partial charge in [0.05, 0.1) is 0 Å². The van der Waals surface area contributed by atoms with Gasteiger partial charge in [0.1, 0.15) is 11.5 Å². The molecule has 9 heavy (non-hydrogen) atoms. The number of rotatable bonds is 6. The summed E-state index contributed by atoms with van der Waals surface area (Å²) in [5.41, 5.74) is 5.34. The number of nitrogens with two attached hydrogens (primary N) is 1. The highest BCUT2D eigenvalue weighted by atomic mass is 32.2. The molecule has 0 aromatic carbocycles. The van der Waals surface area contributed by atoms with Crippen LogP contribution in [0.2, 0.25) is 0 Å². The van der Waals surface area contributed by atoms with Crippen LogP contribution in [0.15, 0.2) is 0 Å². The lowest BCUT2D eigenvalue weighted by Crippen LogP contribution is -1.99. The molecule has 0 aliphatic rings. The summed E-state index contributed by atoms with van der Waals surface area (Å²) in [6.07, 6.45) is 3.90. The number of unbranched alkanes of at least 4 members (excludes halogenated alkanes) is 2. The largest absolute Gasteiger partial charge is 0.330 e. The maximum atomic E-state index is 5.34. The van der Waals surface area contributed by atoms with Crippen LogP contribution in [0.4, 0.5) is 0 Å². The van der Waals surface area contributed by atoms with Crippen molar-refractivity contribution in [2.45, 2.75) is 26.2 Å². The SMILES string of the molecule is CC[SH+]CCCCCN. The molecule has 0 bridgehead atoms. The van der Waals surface area contributed by atoms with Gasteiger partial charge in [0.2, 0.25) is 0 Å². The van der Waals surface area contributed by atoms with E-state index in [0.29, 0.717) is 0 Å². The van der Waals surface area contributed by atoms with Crippen molar-refractivity contribution in [3.8, 4) is 0 Å². The normalized spacial score (nSPS) is 10.0. The molecule has 0 radical (unpaired) electrons. The average Bonchev–Trinajstić information content (AvgIpc) is 1.89. The van der Waals surface area contributed by atoms with Gasteiger partial charge in [0.15, 0.2) is 0 Å². The van der Waals surface area contributed by atoms with Crippen LogP contribution in [-0.4, -0.2) is 18.1 Å². The fraction of sp³-hybridized carbons (Fsp3) is 1.00. The Morgan fingerprint density at radius 2 is 2.00 bits per heavy atom. The lowest BCUT2D eigenvalue weighted by Gasteiger charge is -1.91. The van der Waals surface area contributed by atoms with Gasteiger partial charge in [-0.25, -0.2) is 0 Å². The summed E-state index contributed by atoms with van der Waals surface area (Å²) >= 11 is 1.60. The molecule has 0 aliphatic heterocycles. The van der Waals surface area contributed by atoms with Gasteiger partial charge in [-0.3, -0.25) is 0 Å². The Kier molecular flexibility index (Phi) is 8.60. The van der Waals surface area contributed by atoms with E-state index in [-0.39, 0.29) is 0 Å².